The maximum Gasteiger partial charge on any atom is 0.410 e. The van der Waals surface area contributed by atoms with Crippen LogP contribution in [0, 0.1) is 0 Å². The van der Waals surface area contributed by atoms with Crippen LogP contribution in [-0.2, 0) is 4.74 Å². The number of nitrogens with zero attached hydrogens (tertiary/aromatic N) is 1. The van der Waals surface area contributed by atoms with E-state index in [4.69, 9.17) is 4.74 Å². The second-order valence-corrected chi connectivity index (χ2v) is 7.20. The average Bonchev–Trinajstić information content (AvgIpc) is 2.99. The first-order chi connectivity index (χ1) is 9.79. The van der Waals surface area contributed by atoms with E-state index in [1.165, 1.54) is 0 Å². The van der Waals surface area contributed by atoms with Crippen molar-refractivity contribution in [2.24, 2.45) is 0 Å². The minimum Gasteiger partial charge on any atom is -0.444 e. The van der Waals surface area contributed by atoms with Crippen LogP contribution in [0.1, 0.15) is 51.5 Å². The first kappa shape index (κ1) is 14.2. The SMILES string of the molecule is CC(C)(C)OC(=O)N1CC(c2cc[nH]c(=O)c2)CC12CC2. The van der Waals surface area contributed by atoms with E-state index in [2.05, 4.69) is 4.98 Å². The molecule has 1 atom stereocenters. The second kappa shape index (κ2) is 4.61. The Morgan fingerprint density at radius 3 is 2.71 bits per heavy atom. The third-order valence-electron chi connectivity index (χ3n) is 4.31. The molecule has 1 aromatic rings. The second-order valence-electron chi connectivity index (χ2n) is 7.20. The fourth-order valence-electron chi connectivity index (χ4n) is 3.19. The Morgan fingerprint density at radius 2 is 2.14 bits per heavy atom. The number of H-pyrrole nitrogens is 1. The highest BCUT2D eigenvalue weighted by atomic mass is 16.6. The first-order valence-corrected chi connectivity index (χ1v) is 7.48. The Hall–Kier alpha value is -1.78. The summed E-state index contributed by atoms with van der Waals surface area (Å²) in [6.07, 6.45) is 4.44. The molecule has 114 valence electrons. The highest BCUT2D eigenvalue weighted by Crippen LogP contribution is 2.54. The lowest BCUT2D eigenvalue weighted by atomic mass is 9.96. The molecule has 1 aromatic heterocycles. The molecular formula is C16H22N2O3. The normalized spacial score (nSPS) is 23.4. The van der Waals surface area contributed by atoms with Crippen LogP contribution in [0.15, 0.2) is 23.1 Å². The Labute approximate surface area is 124 Å². The van der Waals surface area contributed by atoms with Crippen molar-refractivity contribution >= 4 is 6.09 Å². The number of rotatable bonds is 1. The maximum absolute atomic E-state index is 12.4. The first-order valence-electron chi connectivity index (χ1n) is 7.48. The number of carbonyl (C=O) groups excluding carboxylic acids is 1. The summed E-state index contributed by atoms with van der Waals surface area (Å²) in [6, 6.07) is 3.57. The van der Waals surface area contributed by atoms with Crippen LogP contribution >= 0.6 is 0 Å². The molecule has 1 unspecified atom stereocenters. The van der Waals surface area contributed by atoms with Crippen molar-refractivity contribution < 1.29 is 9.53 Å². The summed E-state index contributed by atoms with van der Waals surface area (Å²) >= 11 is 0. The number of likely N-dealkylation sites (tertiary alicyclic amines) is 1. The molecule has 2 heterocycles. The van der Waals surface area contributed by atoms with Crippen LogP contribution in [0.25, 0.3) is 0 Å². The lowest BCUT2D eigenvalue weighted by Crippen LogP contribution is -2.41. The van der Waals surface area contributed by atoms with Crippen LogP contribution in [-0.4, -0.2) is 33.7 Å². The van der Waals surface area contributed by atoms with E-state index in [1.807, 2.05) is 31.7 Å². The lowest BCUT2D eigenvalue weighted by molar-refractivity contribution is 0.0202. The van der Waals surface area contributed by atoms with E-state index in [0.29, 0.717) is 6.54 Å². The lowest BCUT2D eigenvalue weighted by Gasteiger charge is -2.28. The number of aromatic nitrogens is 1. The molecule has 2 aliphatic rings. The van der Waals surface area contributed by atoms with Crippen LogP contribution < -0.4 is 5.56 Å². The summed E-state index contributed by atoms with van der Waals surface area (Å²) in [4.78, 5) is 28.4. The van der Waals surface area contributed by atoms with Crippen molar-refractivity contribution in [2.45, 2.75) is 57.1 Å². The van der Waals surface area contributed by atoms with Crippen LogP contribution in [0.4, 0.5) is 4.79 Å². The third-order valence-corrected chi connectivity index (χ3v) is 4.31. The van der Waals surface area contributed by atoms with Gasteiger partial charge in [-0.05, 0) is 51.7 Å². The summed E-state index contributed by atoms with van der Waals surface area (Å²) in [6.45, 7) is 6.29. The van der Waals surface area contributed by atoms with Gasteiger partial charge in [-0.3, -0.25) is 4.79 Å². The summed E-state index contributed by atoms with van der Waals surface area (Å²) < 4.78 is 5.52. The molecule has 2 fully saturated rings. The number of nitrogens with one attached hydrogen (secondary N) is 1. The van der Waals surface area contributed by atoms with Gasteiger partial charge in [0.1, 0.15) is 5.60 Å². The topological polar surface area (TPSA) is 62.4 Å². The van der Waals surface area contributed by atoms with Crippen molar-refractivity contribution in [1.82, 2.24) is 9.88 Å². The van der Waals surface area contributed by atoms with E-state index in [-0.39, 0.29) is 23.1 Å². The molecule has 1 saturated carbocycles. The molecule has 1 spiro atoms. The monoisotopic (exact) mass is 290 g/mol. The number of ether oxygens (including phenoxy) is 1. The van der Waals surface area contributed by atoms with Gasteiger partial charge in [0, 0.05) is 30.3 Å². The Morgan fingerprint density at radius 1 is 1.43 bits per heavy atom. The summed E-state index contributed by atoms with van der Waals surface area (Å²) in [5.74, 6) is 0.224. The molecule has 5 heteroatoms. The van der Waals surface area contributed by atoms with Crippen LogP contribution in [0.5, 0.6) is 0 Å². The third kappa shape index (κ3) is 2.82. The molecule has 1 N–H and O–H groups in total. The molecule has 0 bridgehead atoms. The summed E-state index contributed by atoms with van der Waals surface area (Å²) in [7, 11) is 0. The molecule has 1 aliphatic carbocycles. The van der Waals surface area contributed by atoms with Gasteiger partial charge in [0.05, 0.1) is 0 Å². The van der Waals surface area contributed by atoms with Gasteiger partial charge < -0.3 is 14.6 Å². The quantitative estimate of drug-likeness (QED) is 0.865. The molecule has 21 heavy (non-hydrogen) atoms. The number of hydrogen-bond acceptors (Lipinski definition) is 3. The molecule has 5 nitrogen and oxygen atoms in total. The number of hydrogen-bond donors (Lipinski definition) is 1. The van der Waals surface area contributed by atoms with E-state index >= 15 is 0 Å². The number of amides is 1. The van der Waals surface area contributed by atoms with Crippen molar-refractivity contribution in [1.29, 1.82) is 0 Å². The van der Waals surface area contributed by atoms with Crippen molar-refractivity contribution in [3.63, 3.8) is 0 Å². The molecule has 1 saturated heterocycles. The smallest absolute Gasteiger partial charge is 0.410 e. The van der Waals surface area contributed by atoms with E-state index in [1.54, 1.807) is 12.3 Å². The largest absolute Gasteiger partial charge is 0.444 e. The fraction of sp³-hybridized carbons (Fsp3) is 0.625. The Bertz CT molecular complexity index is 610. The fourth-order valence-corrected chi connectivity index (χ4v) is 3.19. The maximum atomic E-state index is 12.4. The minimum atomic E-state index is -0.477. The summed E-state index contributed by atoms with van der Waals surface area (Å²) in [5.41, 5.74) is 0.411. The molecule has 3 rings (SSSR count). The highest BCUT2D eigenvalue weighted by Gasteiger charge is 2.57. The predicted octanol–water partition coefficient (Wildman–Crippen LogP) is 2.63. The number of aromatic amines is 1. The van der Waals surface area contributed by atoms with Gasteiger partial charge >= 0.3 is 6.09 Å². The number of pyridine rings is 1. The zero-order valence-electron chi connectivity index (χ0n) is 12.8. The van der Waals surface area contributed by atoms with Gasteiger partial charge in [-0.25, -0.2) is 4.79 Å². The predicted molar refractivity (Wildman–Crippen MR) is 79.3 cm³/mol. The number of carbonyl (C=O) groups is 1. The molecule has 0 radical (unpaired) electrons. The molecule has 1 aliphatic heterocycles. The van der Waals surface area contributed by atoms with Crippen LogP contribution in [0.2, 0.25) is 0 Å². The van der Waals surface area contributed by atoms with Gasteiger partial charge in [-0.1, -0.05) is 0 Å². The van der Waals surface area contributed by atoms with Crippen molar-refractivity contribution in [2.75, 3.05) is 6.54 Å². The van der Waals surface area contributed by atoms with E-state index < -0.39 is 5.60 Å². The van der Waals surface area contributed by atoms with Crippen LogP contribution in [0.3, 0.4) is 0 Å². The van der Waals surface area contributed by atoms with Gasteiger partial charge in [0.15, 0.2) is 0 Å². The molecule has 1 amide bonds. The van der Waals surface area contributed by atoms with Gasteiger partial charge in [-0.15, -0.1) is 0 Å². The Balaban J connectivity index is 1.79. The minimum absolute atomic E-state index is 0.0321. The van der Waals surface area contributed by atoms with Crippen molar-refractivity contribution in [3.05, 3.63) is 34.2 Å². The Kier molecular flexibility index (Phi) is 3.11. The zero-order valence-corrected chi connectivity index (χ0v) is 12.8. The molecule has 0 aromatic carbocycles. The van der Waals surface area contributed by atoms with Gasteiger partial charge in [0.25, 0.3) is 0 Å². The average molecular weight is 290 g/mol. The molecular weight excluding hydrogens is 268 g/mol. The van der Waals surface area contributed by atoms with Crippen molar-refractivity contribution in [3.8, 4) is 0 Å². The zero-order chi connectivity index (χ0) is 15.3. The van der Waals surface area contributed by atoms with Gasteiger partial charge in [-0.2, -0.15) is 0 Å². The summed E-state index contributed by atoms with van der Waals surface area (Å²) in [5, 5.41) is 0. The van der Waals surface area contributed by atoms with E-state index in [9.17, 15) is 9.59 Å². The van der Waals surface area contributed by atoms with E-state index in [0.717, 1.165) is 24.8 Å². The van der Waals surface area contributed by atoms with Gasteiger partial charge in [0.2, 0.25) is 5.56 Å². The highest BCUT2D eigenvalue weighted by molar-refractivity contribution is 5.70. The standard InChI is InChI=1S/C16H22N2O3/c1-15(2,3)21-14(20)18-10-12(9-16(18)5-6-16)11-4-7-17-13(19)8-11/h4,7-8,12H,5-6,9-10H2,1-3H3,(H,17,19).